The van der Waals surface area contributed by atoms with Gasteiger partial charge in [-0.2, -0.15) is 13.2 Å². The van der Waals surface area contributed by atoms with E-state index < -0.39 is 24.7 Å². The summed E-state index contributed by atoms with van der Waals surface area (Å²) in [6.45, 7) is 2.33. The molecular weight excluding hydrogens is 209 g/mol. The highest BCUT2D eigenvalue weighted by atomic mass is 19.4. The summed E-state index contributed by atoms with van der Waals surface area (Å²) in [5, 5.41) is 4.80. The lowest BCUT2D eigenvalue weighted by molar-refractivity contribution is -0.139. The van der Waals surface area contributed by atoms with Crippen molar-refractivity contribution in [2.75, 3.05) is 6.54 Å². The van der Waals surface area contributed by atoms with Crippen molar-refractivity contribution >= 4 is 5.91 Å². The Labute approximate surface area is 86.4 Å². The van der Waals surface area contributed by atoms with Crippen LogP contribution in [-0.2, 0) is 4.79 Å². The largest absolute Gasteiger partial charge is 0.405 e. The van der Waals surface area contributed by atoms with Gasteiger partial charge in [0.1, 0.15) is 6.54 Å². The zero-order valence-electron chi connectivity index (χ0n) is 8.69. The van der Waals surface area contributed by atoms with E-state index in [9.17, 15) is 18.0 Å². The monoisotopic (exact) mass is 224 g/mol. The molecule has 1 aliphatic carbocycles. The third-order valence-corrected chi connectivity index (χ3v) is 2.43. The molecule has 3 nitrogen and oxygen atoms in total. The third kappa shape index (κ3) is 4.51. The SMILES string of the molecule is CC(NC1CC1C)C(=O)NCC(F)(F)F. The lowest BCUT2D eigenvalue weighted by Gasteiger charge is -2.14. The summed E-state index contributed by atoms with van der Waals surface area (Å²) in [5.74, 6) is -0.0886. The maximum atomic E-state index is 11.8. The normalized spacial score (nSPS) is 27.3. The van der Waals surface area contributed by atoms with Crippen LogP contribution < -0.4 is 10.6 Å². The van der Waals surface area contributed by atoms with Crippen molar-refractivity contribution in [2.45, 2.75) is 38.5 Å². The molecular formula is C9H15F3N2O. The molecule has 0 radical (unpaired) electrons. The summed E-state index contributed by atoms with van der Waals surface area (Å²) in [7, 11) is 0. The minimum absolute atomic E-state index is 0.275. The van der Waals surface area contributed by atoms with Gasteiger partial charge < -0.3 is 10.6 Å². The van der Waals surface area contributed by atoms with Gasteiger partial charge in [-0.3, -0.25) is 4.79 Å². The molecule has 3 unspecified atom stereocenters. The van der Waals surface area contributed by atoms with Gasteiger partial charge in [0, 0.05) is 6.04 Å². The zero-order chi connectivity index (χ0) is 11.6. The highest BCUT2D eigenvalue weighted by Gasteiger charge is 2.35. The number of rotatable bonds is 4. The standard InChI is InChI=1S/C9H15F3N2O/c1-5-3-7(5)14-6(2)8(15)13-4-9(10,11)12/h5-7,14H,3-4H2,1-2H3,(H,13,15). The first-order valence-electron chi connectivity index (χ1n) is 4.90. The molecule has 1 rings (SSSR count). The highest BCUT2D eigenvalue weighted by Crippen LogP contribution is 2.29. The lowest BCUT2D eigenvalue weighted by atomic mass is 10.3. The maximum Gasteiger partial charge on any atom is 0.405 e. The van der Waals surface area contributed by atoms with Gasteiger partial charge in [0.2, 0.25) is 5.91 Å². The molecule has 1 saturated carbocycles. The summed E-state index contributed by atoms with van der Waals surface area (Å²) in [6.07, 6.45) is -3.36. The third-order valence-electron chi connectivity index (χ3n) is 2.43. The van der Waals surface area contributed by atoms with E-state index in [0.717, 1.165) is 6.42 Å². The molecule has 0 spiro atoms. The van der Waals surface area contributed by atoms with Crippen molar-refractivity contribution < 1.29 is 18.0 Å². The Kier molecular flexibility index (Phi) is 3.59. The van der Waals surface area contributed by atoms with Crippen LogP contribution in [0.25, 0.3) is 0 Å². The minimum atomic E-state index is -4.34. The van der Waals surface area contributed by atoms with Crippen molar-refractivity contribution in [1.29, 1.82) is 0 Å². The second kappa shape index (κ2) is 4.38. The summed E-state index contributed by atoms with van der Waals surface area (Å²) >= 11 is 0. The fourth-order valence-corrected chi connectivity index (χ4v) is 1.29. The second-order valence-electron chi connectivity index (χ2n) is 4.04. The van der Waals surface area contributed by atoms with Gasteiger partial charge in [0.05, 0.1) is 6.04 Å². The molecule has 0 bridgehead atoms. The number of halogens is 3. The Hall–Kier alpha value is -0.780. The van der Waals surface area contributed by atoms with Crippen molar-refractivity contribution in [1.82, 2.24) is 10.6 Å². The van der Waals surface area contributed by atoms with Gasteiger partial charge in [-0.25, -0.2) is 0 Å². The molecule has 1 fully saturated rings. The van der Waals surface area contributed by atoms with Crippen LogP contribution in [0.2, 0.25) is 0 Å². The van der Waals surface area contributed by atoms with Crippen LogP contribution in [0.3, 0.4) is 0 Å². The predicted molar refractivity (Wildman–Crippen MR) is 49.2 cm³/mol. The number of hydrogen-bond acceptors (Lipinski definition) is 2. The average Bonchev–Trinajstić information content (AvgIpc) is 2.76. The molecule has 3 atom stereocenters. The van der Waals surface area contributed by atoms with Gasteiger partial charge in [-0.15, -0.1) is 0 Å². The minimum Gasteiger partial charge on any atom is -0.346 e. The van der Waals surface area contributed by atoms with Crippen LogP contribution in [-0.4, -0.2) is 30.7 Å². The Morgan fingerprint density at radius 3 is 2.47 bits per heavy atom. The first kappa shape index (κ1) is 12.3. The van der Waals surface area contributed by atoms with E-state index in [1.165, 1.54) is 0 Å². The zero-order valence-corrected chi connectivity index (χ0v) is 8.69. The van der Waals surface area contributed by atoms with E-state index >= 15 is 0 Å². The molecule has 1 aliphatic rings. The van der Waals surface area contributed by atoms with Crippen LogP contribution in [0.5, 0.6) is 0 Å². The number of carbonyl (C=O) groups is 1. The Morgan fingerprint density at radius 1 is 1.53 bits per heavy atom. The smallest absolute Gasteiger partial charge is 0.346 e. The molecule has 0 aromatic carbocycles. The fourth-order valence-electron chi connectivity index (χ4n) is 1.29. The van der Waals surface area contributed by atoms with E-state index in [2.05, 4.69) is 5.32 Å². The first-order valence-corrected chi connectivity index (χ1v) is 4.90. The van der Waals surface area contributed by atoms with Crippen molar-refractivity contribution in [3.05, 3.63) is 0 Å². The quantitative estimate of drug-likeness (QED) is 0.749. The number of alkyl halides is 3. The Balaban J connectivity index is 2.21. The van der Waals surface area contributed by atoms with Crippen LogP contribution >= 0.6 is 0 Å². The first-order chi connectivity index (χ1) is 6.79. The molecule has 6 heteroatoms. The predicted octanol–water partition coefficient (Wildman–Crippen LogP) is 1.05. The van der Waals surface area contributed by atoms with E-state index in [4.69, 9.17) is 0 Å². The molecule has 0 aromatic heterocycles. The number of carbonyl (C=O) groups excluding carboxylic acids is 1. The van der Waals surface area contributed by atoms with E-state index in [-0.39, 0.29) is 6.04 Å². The molecule has 2 N–H and O–H groups in total. The maximum absolute atomic E-state index is 11.8. The summed E-state index contributed by atoms with van der Waals surface area (Å²) in [4.78, 5) is 11.2. The highest BCUT2D eigenvalue weighted by molar-refractivity contribution is 5.81. The topological polar surface area (TPSA) is 41.1 Å². The van der Waals surface area contributed by atoms with Crippen LogP contribution in [0.15, 0.2) is 0 Å². The molecule has 15 heavy (non-hydrogen) atoms. The number of hydrogen-bond donors (Lipinski definition) is 2. The number of amides is 1. The van der Waals surface area contributed by atoms with Gasteiger partial charge in [0.15, 0.2) is 0 Å². The summed E-state index contributed by atoms with van der Waals surface area (Å²) in [5.41, 5.74) is 0. The van der Waals surface area contributed by atoms with Crippen LogP contribution in [0.1, 0.15) is 20.3 Å². The van der Waals surface area contributed by atoms with Gasteiger partial charge in [-0.1, -0.05) is 6.92 Å². The molecule has 88 valence electrons. The summed E-state index contributed by atoms with van der Waals surface area (Å²) < 4.78 is 35.3. The molecule has 0 heterocycles. The van der Waals surface area contributed by atoms with E-state index in [1.807, 2.05) is 12.2 Å². The van der Waals surface area contributed by atoms with E-state index in [1.54, 1.807) is 6.92 Å². The van der Waals surface area contributed by atoms with Crippen molar-refractivity contribution in [3.63, 3.8) is 0 Å². The molecule has 0 saturated heterocycles. The molecule has 0 aromatic rings. The van der Waals surface area contributed by atoms with E-state index in [0.29, 0.717) is 5.92 Å². The van der Waals surface area contributed by atoms with Gasteiger partial charge in [-0.05, 0) is 19.3 Å². The molecule has 1 amide bonds. The number of nitrogens with one attached hydrogen (secondary N) is 2. The van der Waals surface area contributed by atoms with Crippen molar-refractivity contribution in [2.24, 2.45) is 5.92 Å². The Bertz CT molecular complexity index is 242. The lowest BCUT2D eigenvalue weighted by Crippen LogP contribution is -2.46. The van der Waals surface area contributed by atoms with Crippen LogP contribution in [0, 0.1) is 5.92 Å². The van der Waals surface area contributed by atoms with Crippen molar-refractivity contribution in [3.8, 4) is 0 Å². The van der Waals surface area contributed by atoms with Gasteiger partial charge in [0.25, 0.3) is 0 Å². The Morgan fingerprint density at radius 2 is 2.07 bits per heavy atom. The fraction of sp³-hybridized carbons (Fsp3) is 0.889. The van der Waals surface area contributed by atoms with Gasteiger partial charge >= 0.3 is 6.18 Å². The second-order valence-corrected chi connectivity index (χ2v) is 4.04. The summed E-state index contributed by atoms with van der Waals surface area (Å²) in [6, 6.07) is -0.293. The molecule has 0 aliphatic heterocycles. The van der Waals surface area contributed by atoms with Crippen LogP contribution in [0.4, 0.5) is 13.2 Å². The average molecular weight is 224 g/mol.